The Hall–Kier alpha value is -3.87. The standard InChI is InChI=1S/C21H17N3O4/c1-12-14(13-7-3-4-8-16(13)22-12)11-15-19(25)23-21(27)24(20(15)26)17-9-5-6-10-18(17)28-2/h3-11,26H,1-2H3,(H,23,25,27)/b14-11+. The molecule has 0 fully saturated rings. The van der Waals surface area contributed by atoms with Crippen LogP contribution in [0.2, 0.25) is 0 Å². The molecule has 140 valence electrons. The number of nitrogens with one attached hydrogen (secondary N) is 1. The van der Waals surface area contributed by atoms with Gasteiger partial charge in [0.15, 0.2) is 0 Å². The van der Waals surface area contributed by atoms with Gasteiger partial charge < -0.3 is 9.84 Å². The highest BCUT2D eigenvalue weighted by molar-refractivity contribution is 6.31. The lowest BCUT2D eigenvalue weighted by Gasteiger charge is -2.13. The van der Waals surface area contributed by atoms with Gasteiger partial charge in [0.25, 0.3) is 5.56 Å². The van der Waals surface area contributed by atoms with Crippen LogP contribution in [0.25, 0.3) is 17.3 Å². The van der Waals surface area contributed by atoms with Crippen molar-refractivity contribution in [1.29, 1.82) is 0 Å². The van der Waals surface area contributed by atoms with E-state index in [2.05, 4.69) is 9.98 Å². The van der Waals surface area contributed by atoms with Gasteiger partial charge in [-0.15, -0.1) is 0 Å². The molecule has 0 aliphatic carbocycles. The third kappa shape index (κ3) is 2.73. The van der Waals surface area contributed by atoms with E-state index >= 15 is 0 Å². The van der Waals surface area contributed by atoms with Crippen LogP contribution < -0.4 is 16.0 Å². The number of H-pyrrole nitrogens is 1. The summed E-state index contributed by atoms with van der Waals surface area (Å²) in [7, 11) is 1.46. The van der Waals surface area contributed by atoms with Crippen molar-refractivity contribution in [1.82, 2.24) is 9.55 Å². The predicted octanol–water partition coefficient (Wildman–Crippen LogP) is 2.89. The Labute approximate surface area is 159 Å². The average Bonchev–Trinajstić information content (AvgIpc) is 3.00. The summed E-state index contributed by atoms with van der Waals surface area (Å²) in [5, 5.41) is 10.8. The summed E-state index contributed by atoms with van der Waals surface area (Å²) in [5.41, 5.74) is 1.92. The molecule has 0 amide bonds. The number of aromatic hydroxyl groups is 1. The Balaban J connectivity index is 1.97. The molecule has 1 aliphatic heterocycles. The number of nitrogens with zero attached hydrogens (tertiary/aromatic N) is 2. The zero-order valence-electron chi connectivity index (χ0n) is 15.3. The quantitative estimate of drug-likeness (QED) is 0.736. The highest BCUT2D eigenvalue weighted by Gasteiger charge is 2.21. The van der Waals surface area contributed by atoms with Crippen molar-refractivity contribution in [2.75, 3.05) is 7.11 Å². The molecule has 2 N–H and O–H groups in total. The molecule has 28 heavy (non-hydrogen) atoms. The summed E-state index contributed by atoms with van der Waals surface area (Å²) >= 11 is 0. The van der Waals surface area contributed by atoms with Gasteiger partial charge in [0.2, 0.25) is 5.88 Å². The van der Waals surface area contributed by atoms with Crippen LogP contribution in [-0.4, -0.2) is 27.5 Å². The number of methoxy groups -OCH3 is 1. The third-order valence-corrected chi connectivity index (χ3v) is 4.61. The molecule has 4 rings (SSSR count). The highest BCUT2D eigenvalue weighted by Crippen LogP contribution is 2.36. The van der Waals surface area contributed by atoms with E-state index in [1.54, 1.807) is 30.3 Å². The number of aromatic nitrogens is 2. The molecule has 0 saturated carbocycles. The third-order valence-electron chi connectivity index (χ3n) is 4.61. The van der Waals surface area contributed by atoms with Crippen LogP contribution in [0.15, 0.2) is 63.1 Å². The van der Waals surface area contributed by atoms with Crippen LogP contribution in [-0.2, 0) is 0 Å². The first-order chi connectivity index (χ1) is 13.5. The van der Waals surface area contributed by atoms with Crippen molar-refractivity contribution in [2.24, 2.45) is 4.99 Å². The summed E-state index contributed by atoms with van der Waals surface area (Å²) in [6.45, 7) is 1.83. The summed E-state index contributed by atoms with van der Waals surface area (Å²) in [6, 6.07) is 14.3. The van der Waals surface area contributed by atoms with Crippen molar-refractivity contribution in [3.05, 3.63) is 80.5 Å². The van der Waals surface area contributed by atoms with Gasteiger partial charge in [-0.25, -0.2) is 9.36 Å². The number of aromatic amines is 1. The zero-order valence-corrected chi connectivity index (χ0v) is 15.3. The highest BCUT2D eigenvalue weighted by atomic mass is 16.5. The van der Waals surface area contributed by atoms with Crippen LogP contribution >= 0.6 is 0 Å². The Bertz CT molecular complexity index is 1270. The number of hydrogen-bond acceptors (Lipinski definition) is 5. The number of fused-ring (bicyclic) bond motifs is 1. The summed E-state index contributed by atoms with van der Waals surface area (Å²) in [4.78, 5) is 31.6. The van der Waals surface area contributed by atoms with E-state index < -0.39 is 17.1 Å². The monoisotopic (exact) mass is 375 g/mol. The molecule has 0 atom stereocenters. The van der Waals surface area contributed by atoms with Crippen LogP contribution in [0.3, 0.4) is 0 Å². The van der Waals surface area contributed by atoms with Crippen molar-refractivity contribution < 1.29 is 9.84 Å². The molecule has 1 aliphatic rings. The second kappa shape index (κ2) is 6.70. The predicted molar refractivity (Wildman–Crippen MR) is 108 cm³/mol. The first-order valence-electron chi connectivity index (χ1n) is 8.59. The second-order valence-corrected chi connectivity index (χ2v) is 6.28. The maximum atomic E-state index is 12.5. The van der Waals surface area contributed by atoms with Gasteiger partial charge in [0, 0.05) is 16.8 Å². The lowest BCUT2D eigenvalue weighted by molar-refractivity contribution is 0.401. The number of rotatable bonds is 3. The maximum absolute atomic E-state index is 12.5. The molecule has 3 aromatic rings. The molecule has 0 saturated heterocycles. The summed E-state index contributed by atoms with van der Waals surface area (Å²) < 4.78 is 6.29. The van der Waals surface area contributed by atoms with Crippen LogP contribution in [0, 0.1) is 0 Å². The number of allylic oxidation sites excluding steroid dienone is 1. The first-order valence-corrected chi connectivity index (χ1v) is 8.59. The Morgan fingerprint density at radius 1 is 1.11 bits per heavy atom. The Morgan fingerprint density at radius 2 is 1.82 bits per heavy atom. The van der Waals surface area contributed by atoms with E-state index in [0.29, 0.717) is 17.0 Å². The van der Waals surface area contributed by atoms with Crippen molar-refractivity contribution in [3.8, 4) is 17.3 Å². The van der Waals surface area contributed by atoms with Crippen LogP contribution in [0.1, 0.15) is 18.1 Å². The van der Waals surface area contributed by atoms with E-state index in [1.165, 1.54) is 7.11 Å². The number of aliphatic imine (C=N–C) groups is 1. The minimum Gasteiger partial charge on any atom is -0.495 e. The van der Waals surface area contributed by atoms with Gasteiger partial charge in [-0.2, -0.15) is 0 Å². The van der Waals surface area contributed by atoms with Gasteiger partial charge >= 0.3 is 5.69 Å². The van der Waals surface area contributed by atoms with Crippen molar-refractivity contribution >= 4 is 23.0 Å². The lowest BCUT2D eigenvalue weighted by atomic mass is 10.0. The van der Waals surface area contributed by atoms with Gasteiger partial charge in [0.1, 0.15) is 11.3 Å². The zero-order chi connectivity index (χ0) is 19.8. The van der Waals surface area contributed by atoms with E-state index in [0.717, 1.165) is 21.5 Å². The smallest absolute Gasteiger partial charge is 0.335 e. The van der Waals surface area contributed by atoms with Gasteiger partial charge in [-0.1, -0.05) is 30.3 Å². The number of benzene rings is 2. The molecular formula is C21H17N3O4. The summed E-state index contributed by atoms with van der Waals surface area (Å²) in [5.74, 6) is -0.0857. The molecular weight excluding hydrogens is 358 g/mol. The fourth-order valence-electron chi connectivity index (χ4n) is 3.27. The SMILES string of the molecule is COc1ccccc1-n1c(O)c(/C=C2\C(C)=Nc3ccccc32)c(=O)[nH]c1=O. The van der Waals surface area contributed by atoms with Gasteiger partial charge in [-0.3, -0.25) is 14.8 Å². The van der Waals surface area contributed by atoms with Crippen molar-refractivity contribution in [3.63, 3.8) is 0 Å². The molecule has 0 radical (unpaired) electrons. The molecule has 0 unspecified atom stereocenters. The molecule has 2 heterocycles. The molecule has 7 nitrogen and oxygen atoms in total. The fourth-order valence-corrected chi connectivity index (χ4v) is 3.27. The normalized spacial score (nSPS) is 14.1. The molecule has 0 bridgehead atoms. The van der Waals surface area contributed by atoms with Gasteiger partial charge in [0.05, 0.1) is 18.5 Å². The first kappa shape index (κ1) is 17.5. The Kier molecular flexibility index (Phi) is 4.19. The van der Waals surface area contributed by atoms with Gasteiger partial charge in [-0.05, 0) is 31.2 Å². The average molecular weight is 375 g/mol. The summed E-state index contributed by atoms with van der Waals surface area (Å²) in [6.07, 6.45) is 1.55. The minimum atomic E-state index is -0.758. The molecule has 0 spiro atoms. The fraction of sp³-hybridized carbons (Fsp3) is 0.0952. The number of para-hydroxylation sites is 3. The maximum Gasteiger partial charge on any atom is 0.335 e. The molecule has 7 heteroatoms. The number of hydrogen-bond donors (Lipinski definition) is 2. The van der Waals surface area contributed by atoms with Crippen LogP contribution in [0.4, 0.5) is 5.69 Å². The topological polar surface area (TPSA) is 96.7 Å². The Morgan fingerprint density at radius 3 is 2.61 bits per heavy atom. The van der Waals surface area contributed by atoms with E-state index in [9.17, 15) is 14.7 Å². The minimum absolute atomic E-state index is 0.0354. The second-order valence-electron chi connectivity index (χ2n) is 6.28. The lowest BCUT2D eigenvalue weighted by Crippen LogP contribution is -2.30. The number of ether oxygens (including phenoxy) is 1. The largest absolute Gasteiger partial charge is 0.495 e. The molecule has 2 aromatic carbocycles. The van der Waals surface area contributed by atoms with Crippen molar-refractivity contribution in [2.45, 2.75) is 6.92 Å². The van der Waals surface area contributed by atoms with E-state index in [1.807, 2.05) is 31.2 Å². The van der Waals surface area contributed by atoms with Crippen LogP contribution in [0.5, 0.6) is 11.6 Å². The molecule has 1 aromatic heterocycles. The van der Waals surface area contributed by atoms with E-state index in [4.69, 9.17) is 4.74 Å². The van der Waals surface area contributed by atoms with E-state index in [-0.39, 0.29) is 5.56 Å².